The number of aryl methyl sites for hydroxylation is 3. The fourth-order valence-corrected chi connectivity index (χ4v) is 6.36. The van der Waals surface area contributed by atoms with Gasteiger partial charge in [0.1, 0.15) is 5.69 Å². The van der Waals surface area contributed by atoms with E-state index < -0.39 is 3.79 Å². The van der Waals surface area contributed by atoms with Gasteiger partial charge in [-0.1, -0.05) is 41.7 Å². The predicted molar refractivity (Wildman–Crippen MR) is 174 cm³/mol. The summed E-state index contributed by atoms with van der Waals surface area (Å²) in [5.41, 5.74) is 7.51. The first kappa shape index (κ1) is 30.1. The maximum Gasteiger partial charge on any atom is 0.258 e. The monoisotopic (exact) mass is 649 g/mol. The van der Waals surface area contributed by atoms with Gasteiger partial charge >= 0.3 is 0 Å². The van der Waals surface area contributed by atoms with Crippen LogP contribution in [-0.2, 0) is 30.2 Å². The summed E-state index contributed by atoms with van der Waals surface area (Å²) in [5.74, 6) is -0.380. The zero-order chi connectivity index (χ0) is 31.3. The summed E-state index contributed by atoms with van der Waals surface area (Å²) in [6, 6.07) is 9.78. The Morgan fingerprint density at radius 1 is 1.07 bits per heavy atom. The average molecular weight is 651 g/mol. The zero-order valence-corrected chi connectivity index (χ0v) is 26.9. The minimum Gasteiger partial charge on any atom is -0.355 e. The lowest BCUT2D eigenvalue weighted by atomic mass is 9.88. The van der Waals surface area contributed by atoms with E-state index in [2.05, 4.69) is 15.4 Å². The molecular formula is C32H30Cl3N7O2. The molecule has 226 valence electrons. The summed E-state index contributed by atoms with van der Waals surface area (Å²) >= 11 is 19.1. The number of benzene rings is 2. The Kier molecular flexibility index (Phi) is 7.90. The quantitative estimate of drug-likeness (QED) is 0.223. The Labute approximate surface area is 269 Å². The van der Waals surface area contributed by atoms with Gasteiger partial charge in [0, 0.05) is 68.0 Å². The van der Waals surface area contributed by atoms with Gasteiger partial charge in [-0.2, -0.15) is 5.10 Å². The van der Waals surface area contributed by atoms with Crippen LogP contribution in [0.15, 0.2) is 55.2 Å². The second-order valence-electron chi connectivity index (χ2n) is 10.9. The molecule has 1 aliphatic rings. The molecule has 4 heterocycles. The van der Waals surface area contributed by atoms with E-state index in [1.807, 2.05) is 61.1 Å². The van der Waals surface area contributed by atoms with Crippen LogP contribution < -0.4 is 10.2 Å². The molecule has 1 N–H and O–H groups in total. The van der Waals surface area contributed by atoms with Crippen molar-refractivity contribution < 1.29 is 9.59 Å². The fraction of sp³-hybridized carbons (Fsp3) is 0.281. The maximum atomic E-state index is 14.5. The zero-order valence-electron chi connectivity index (χ0n) is 24.7. The number of imidazole rings is 1. The third-order valence-corrected chi connectivity index (χ3v) is 8.47. The van der Waals surface area contributed by atoms with Crippen LogP contribution in [0.2, 0.25) is 0 Å². The van der Waals surface area contributed by atoms with Crippen molar-refractivity contribution in [1.82, 2.24) is 29.6 Å². The standard InChI is InChI=1S/C32H30Cl3N7O2/c1-5-19-11-24-27(10-18(2)38-28(24)25(12-19)30(43)36-3)42-8-6-21-22(26-16-40(4)39-29(26)32(33,34)35)13-20(14-23(21)31(42)44)15-41-9-7-37-17-41/h7,9-14,16-17H,5-6,8,15H2,1-4H3,(H,36,43). The number of nitrogens with zero attached hydrogens (tertiary/aromatic N) is 6. The van der Waals surface area contributed by atoms with Crippen LogP contribution in [-0.4, -0.2) is 49.7 Å². The number of amides is 2. The fourth-order valence-electron chi connectivity index (χ4n) is 5.94. The molecule has 0 unspecified atom stereocenters. The van der Waals surface area contributed by atoms with Crippen LogP contribution in [0.4, 0.5) is 5.69 Å². The van der Waals surface area contributed by atoms with Crippen molar-refractivity contribution in [2.24, 2.45) is 7.05 Å². The highest BCUT2D eigenvalue weighted by Gasteiger charge is 2.35. The number of rotatable bonds is 6. The first-order valence-electron chi connectivity index (χ1n) is 14.2. The molecule has 0 saturated heterocycles. The topological polar surface area (TPSA) is 97.9 Å². The van der Waals surface area contributed by atoms with E-state index >= 15 is 0 Å². The second-order valence-corrected chi connectivity index (χ2v) is 13.2. The molecule has 6 rings (SSSR count). The third-order valence-electron chi connectivity index (χ3n) is 7.93. The van der Waals surface area contributed by atoms with Crippen LogP contribution in [0.25, 0.3) is 22.0 Å². The lowest BCUT2D eigenvalue weighted by molar-refractivity contribution is 0.0961. The normalized spacial score (nSPS) is 13.4. The highest BCUT2D eigenvalue weighted by molar-refractivity contribution is 6.66. The number of pyridine rings is 1. The number of fused-ring (bicyclic) bond motifs is 2. The molecule has 9 nitrogen and oxygen atoms in total. The minimum absolute atomic E-state index is 0.158. The van der Waals surface area contributed by atoms with Crippen molar-refractivity contribution in [3.63, 3.8) is 0 Å². The molecule has 5 aromatic rings. The van der Waals surface area contributed by atoms with E-state index in [0.717, 1.165) is 34.1 Å². The van der Waals surface area contributed by atoms with Crippen molar-refractivity contribution in [3.8, 4) is 11.1 Å². The summed E-state index contributed by atoms with van der Waals surface area (Å²) in [6.45, 7) is 4.80. The van der Waals surface area contributed by atoms with Crippen LogP contribution in [0, 0.1) is 6.92 Å². The van der Waals surface area contributed by atoms with E-state index in [1.165, 1.54) is 0 Å². The second kappa shape index (κ2) is 11.5. The number of nitrogens with one attached hydrogen (secondary N) is 1. The summed E-state index contributed by atoms with van der Waals surface area (Å²) in [6.07, 6.45) is 8.40. The Morgan fingerprint density at radius 2 is 1.84 bits per heavy atom. The molecule has 44 heavy (non-hydrogen) atoms. The number of hydrogen-bond donors (Lipinski definition) is 1. The highest BCUT2D eigenvalue weighted by atomic mass is 35.6. The van der Waals surface area contributed by atoms with Gasteiger partial charge in [-0.15, -0.1) is 0 Å². The Balaban J connectivity index is 1.55. The van der Waals surface area contributed by atoms with Gasteiger partial charge in [0.25, 0.3) is 11.8 Å². The Hall–Kier alpha value is -3.92. The summed E-state index contributed by atoms with van der Waals surface area (Å²) in [4.78, 5) is 38.1. The molecule has 0 fully saturated rings. The molecule has 0 bridgehead atoms. The average Bonchev–Trinajstić information content (AvgIpc) is 3.65. The van der Waals surface area contributed by atoms with Crippen molar-refractivity contribution in [3.05, 3.63) is 94.5 Å². The van der Waals surface area contributed by atoms with Gasteiger partial charge in [-0.3, -0.25) is 19.3 Å². The number of anilines is 1. The smallest absolute Gasteiger partial charge is 0.258 e. The van der Waals surface area contributed by atoms with Gasteiger partial charge in [-0.25, -0.2) is 4.98 Å². The Morgan fingerprint density at radius 3 is 2.52 bits per heavy atom. The van der Waals surface area contributed by atoms with Gasteiger partial charge in [0.15, 0.2) is 0 Å². The SMILES string of the molecule is CCc1cc(C(=O)NC)c2nc(C)cc(N3CCc4c(cc(Cn5ccnc5)cc4-c4cn(C)nc4C(Cl)(Cl)Cl)C3=O)c2c1. The maximum absolute atomic E-state index is 14.5. The molecule has 1 aliphatic heterocycles. The van der Waals surface area contributed by atoms with E-state index in [0.29, 0.717) is 58.8 Å². The Bertz CT molecular complexity index is 1930. The van der Waals surface area contributed by atoms with Gasteiger partial charge in [0.05, 0.1) is 23.1 Å². The lowest BCUT2D eigenvalue weighted by Crippen LogP contribution is -2.38. The number of hydrogen-bond acceptors (Lipinski definition) is 5. The molecule has 0 radical (unpaired) electrons. The number of carbonyl (C=O) groups excluding carboxylic acids is 2. The third kappa shape index (κ3) is 5.44. The number of halogens is 3. The predicted octanol–water partition coefficient (Wildman–Crippen LogP) is 6.14. The number of alkyl halides is 3. The summed E-state index contributed by atoms with van der Waals surface area (Å²) in [5, 5.41) is 7.94. The van der Waals surface area contributed by atoms with Crippen molar-refractivity contribution in [2.75, 3.05) is 18.5 Å². The minimum atomic E-state index is -1.76. The van der Waals surface area contributed by atoms with E-state index in [9.17, 15) is 9.59 Å². The molecule has 0 aliphatic carbocycles. The molecule has 2 aromatic carbocycles. The van der Waals surface area contributed by atoms with E-state index in [4.69, 9.17) is 39.8 Å². The van der Waals surface area contributed by atoms with Crippen molar-refractivity contribution in [1.29, 1.82) is 0 Å². The largest absolute Gasteiger partial charge is 0.355 e. The molecule has 2 amide bonds. The van der Waals surface area contributed by atoms with Crippen LogP contribution in [0.3, 0.4) is 0 Å². The summed E-state index contributed by atoms with van der Waals surface area (Å²) in [7, 11) is 3.37. The molecule has 12 heteroatoms. The first-order valence-corrected chi connectivity index (χ1v) is 15.3. The summed E-state index contributed by atoms with van der Waals surface area (Å²) < 4.78 is 1.78. The molecular weight excluding hydrogens is 621 g/mol. The van der Waals surface area contributed by atoms with E-state index in [1.54, 1.807) is 36.2 Å². The first-order chi connectivity index (χ1) is 21.0. The van der Waals surface area contributed by atoms with E-state index in [-0.39, 0.29) is 11.8 Å². The number of carbonyl (C=O) groups is 2. The molecule has 0 spiro atoms. The van der Waals surface area contributed by atoms with Crippen molar-refractivity contribution >= 4 is 63.2 Å². The van der Waals surface area contributed by atoms with Crippen molar-refractivity contribution in [2.45, 2.75) is 37.0 Å². The molecule has 3 aromatic heterocycles. The van der Waals surface area contributed by atoms with Crippen LogP contribution >= 0.6 is 34.8 Å². The molecule has 0 saturated carbocycles. The number of aromatic nitrogens is 5. The van der Waals surface area contributed by atoms with Gasteiger partial charge < -0.3 is 14.8 Å². The van der Waals surface area contributed by atoms with Gasteiger partial charge in [0.2, 0.25) is 3.79 Å². The lowest BCUT2D eigenvalue weighted by Gasteiger charge is -2.32. The van der Waals surface area contributed by atoms with Crippen LogP contribution in [0.1, 0.15) is 55.7 Å². The van der Waals surface area contributed by atoms with Crippen LogP contribution in [0.5, 0.6) is 0 Å². The van der Waals surface area contributed by atoms with Gasteiger partial charge in [-0.05, 0) is 72.4 Å². The highest BCUT2D eigenvalue weighted by Crippen LogP contribution is 2.44. The molecule has 0 atom stereocenters.